The van der Waals surface area contributed by atoms with E-state index in [1.165, 1.54) is 24.5 Å². The first kappa shape index (κ1) is 33.1. The highest BCUT2D eigenvalue weighted by Crippen LogP contribution is 2.47. The molecule has 48 heavy (non-hydrogen) atoms. The minimum Gasteiger partial charge on any atom is -0.490 e. The van der Waals surface area contributed by atoms with E-state index in [1.54, 1.807) is 25.3 Å². The van der Waals surface area contributed by atoms with Crippen molar-refractivity contribution in [1.29, 1.82) is 0 Å². The number of aromatic nitrogens is 4. The van der Waals surface area contributed by atoms with Gasteiger partial charge < -0.3 is 19.5 Å². The molecule has 0 radical (unpaired) electrons. The fraction of sp³-hybridized carbons (Fsp3) is 0.294. The SMILES string of the molecule is C=CC(=O)NC(C)c1cc(-c2nc(-c3ccc(OCCN4CC(F)C4)nc3)c3ccsc3c2-c2c(F)cc(F)cc2OCCOC)n[nH]1. The van der Waals surface area contributed by atoms with Gasteiger partial charge in [-0.2, -0.15) is 5.10 Å². The molecule has 1 aliphatic rings. The molecule has 0 saturated carbocycles. The van der Waals surface area contributed by atoms with Gasteiger partial charge >= 0.3 is 0 Å². The number of alkyl halides is 1. The maximum Gasteiger partial charge on any atom is 0.243 e. The zero-order valence-corrected chi connectivity index (χ0v) is 27.1. The maximum atomic E-state index is 15.9. The van der Waals surface area contributed by atoms with Crippen LogP contribution in [0.2, 0.25) is 0 Å². The number of carbonyl (C=O) groups excluding carboxylic acids is 1. The van der Waals surface area contributed by atoms with Crippen LogP contribution in [0.25, 0.3) is 43.9 Å². The van der Waals surface area contributed by atoms with Crippen molar-refractivity contribution in [2.75, 3.05) is 46.6 Å². The summed E-state index contributed by atoms with van der Waals surface area (Å²) in [5, 5.41) is 12.8. The second-order valence-corrected chi connectivity index (χ2v) is 12.1. The molecule has 0 aliphatic carbocycles. The van der Waals surface area contributed by atoms with Crippen LogP contribution in [-0.2, 0) is 9.53 Å². The minimum atomic E-state index is -0.835. The van der Waals surface area contributed by atoms with Gasteiger partial charge in [0.05, 0.1) is 29.6 Å². The van der Waals surface area contributed by atoms with E-state index in [1.807, 2.05) is 22.4 Å². The first-order chi connectivity index (χ1) is 23.2. The normalized spacial score (nSPS) is 14.1. The fourth-order valence-electron chi connectivity index (χ4n) is 5.41. The van der Waals surface area contributed by atoms with Crippen LogP contribution in [0.4, 0.5) is 13.2 Å². The van der Waals surface area contributed by atoms with E-state index in [2.05, 4.69) is 27.1 Å². The number of nitrogens with one attached hydrogen (secondary N) is 2. The minimum absolute atomic E-state index is 0.0131. The van der Waals surface area contributed by atoms with Crippen molar-refractivity contribution in [3.63, 3.8) is 0 Å². The molecular weight excluding hydrogens is 645 g/mol. The van der Waals surface area contributed by atoms with Crippen LogP contribution in [0, 0.1) is 11.6 Å². The Morgan fingerprint density at radius 2 is 1.98 bits per heavy atom. The number of thiophene rings is 1. The lowest BCUT2D eigenvalue weighted by Crippen LogP contribution is -2.49. The molecule has 0 spiro atoms. The van der Waals surface area contributed by atoms with Gasteiger partial charge in [0.1, 0.15) is 48.2 Å². The number of hydrogen-bond donors (Lipinski definition) is 2. The number of likely N-dealkylation sites (tertiary alicyclic amines) is 1. The Hall–Kier alpha value is -4.79. The molecule has 250 valence electrons. The molecule has 10 nitrogen and oxygen atoms in total. The second kappa shape index (κ2) is 14.5. The summed E-state index contributed by atoms with van der Waals surface area (Å²) in [5.74, 6) is -1.59. The number of fused-ring (bicyclic) bond motifs is 1. The van der Waals surface area contributed by atoms with Crippen LogP contribution in [-0.4, -0.2) is 83.7 Å². The third-order valence-electron chi connectivity index (χ3n) is 7.85. The smallest absolute Gasteiger partial charge is 0.243 e. The summed E-state index contributed by atoms with van der Waals surface area (Å²) in [7, 11) is 1.50. The highest BCUT2D eigenvalue weighted by atomic mass is 32.1. The number of amides is 1. The predicted molar refractivity (Wildman–Crippen MR) is 177 cm³/mol. The first-order valence-corrected chi connectivity index (χ1v) is 16.1. The number of benzene rings is 1. The first-order valence-electron chi connectivity index (χ1n) is 15.2. The van der Waals surface area contributed by atoms with Gasteiger partial charge in [0.15, 0.2) is 0 Å². The van der Waals surface area contributed by atoms with Crippen molar-refractivity contribution in [2.45, 2.75) is 19.1 Å². The third-order valence-corrected chi connectivity index (χ3v) is 8.78. The van der Waals surface area contributed by atoms with Gasteiger partial charge in [0, 0.05) is 72.4 Å². The molecule has 4 aromatic heterocycles. The Bertz CT molecular complexity index is 1930. The van der Waals surface area contributed by atoms with Gasteiger partial charge in [0.25, 0.3) is 0 Å². The third kappa shape index (κ3) is 7.05. The summed E-state index contributed by atoms with van der Waals surface area (Å²) >= 11 is 1.36. The molecule has 1 unspecified atom stereocenters. The van der Waals surface area contributed by atoms with Crippen molar-refractivity contribution in [2.24, 2.45) is 0 Å². The Balaban J connectivity index is 1.45. The van der Waals surface area contributed by atoms with E-state index in [-0.39, 0.29) is 30.4 Å². The fourth-order valence-corrected chi connectivity index (χ4v) is 6.36. The molecule has 1 amide bonds. The lowest BCUT2D eigenvalue weighted by atomic mass is 9.96. The summed E-state index contributed by atoms with van der Waals surface area (Å²) in [6.07, 6.45) is 2.04. The predicted octanol–water partition coefficient (Wildman–Crippen LogP) is 6.11. The van der Waals surface area contributed by atoms with E-state index in [0.717, 1.165) is 12.1 Å². The molecule has 0 bridgehead atoms. The molecule has 14 heteroatoms. The van der Waals surface area contributed by atoms with Crippen molar-refractivity contribution >= 4 is 27.3 Å². The van der Waals surface area contributed by atoms with Gasteiger partial charge in [-0.05, 0) is 36.6 Å². The van der Waals surface area contributed by atoms with Gasteiger partial charge in [-0.1, -0.05) is 6.58 Å². The van der Waals surface area contributed by atoms with Gasteiger partial charge in [-0.3, -0.25) is 14.8 Å². The average molecular weight is 679 g/mol. The highest BCUT2D eigenvalue weighted by Gasteiger charge is 2.28. The molecule has 1 saturated heterocycles. The van der Waals surface area contributed by atoms with E-state index < -0.39 is 23.8 Å². The van der Waals surface area contributed by atoms with Crippen LogP contribution in [0.5, 0.6) is 11.6 Å². The van der Waals surface area contributed by atoms with Crippen molar-refractivity contribution in [3.8, 4) is 45.4 Å². The summed E-state index contributed by atoms with van der Waals surface area (Å²) < 4.78 is 61.0. The number of hydrogen-bond acceptors (Lipinski definition) is 9. The number of H-pyrrole nitrogens is 1. The van der Waals surface area contributed by atoms with E-state index >= 15 is 4.39 Å². The summed E-state index contributed by atoms with van der Waals surface area (Å²) in [6.45, 7) is 7.34. The molecule has 5 heterocycles. The van der Waals surface area contributed by atoms with Gasteiger partial charge in [-0.15, -0.1) is 11.3 Å². The van der Waals surface area contributed by atoms with Crippen molar-refractivity contribution in [3.05, 3.63) is 78.0 Å². The lowest BCUT2D eigenvalue weighted by Gasteiger charge is -2.33. The molecule has 5 aromatic rings. The van der Waals surface area contributed by atoms with Crippen LogP contribution >= 0.6 is 11.3 Å². The number of ether oxygens (including phenoxy) is 3. The lowest BCUT2D eigenvalue weighted by molar-refractivity contribution is -0.117. The van der Waals surface area contributed by atoms with Crippen LogP contribution in [0.3, 0.4) is 0 Å². The number of rotatable bonds is 14. The Morgan fingerprint density at radius 3 is 2.71 bits per heavy atom. The van der Waals surface area contributed by atoms with Crippen LogP contribution in [0.1, 0.15) is 18.7 Å². The number of aromatic amines is 1. The van der Waals surface area contributed by atoms with Gasteiger partial charge in [-0.25, -0.2) is 23.1 Å². The number of carbonyl (C=O) groups is 1. The highest BCUT2D eigenvalue weighted by molar-refractivity contribution is 7.18. The van der Waals surface area contributed by atoms with Crippen LogP contribution < -0.4 is 14.8 Å². The summed E-state index contributed by atoms with van der Waals surface area (Å²) in [4.78, 5) is 23.5. The quantitative estimate of drug-likeness (QED) is 0.107. The van der Waals surface area contributed by atoms with Gasteiger partial charge in [0.2, 0.25) is 11.8 Å². The maximum absolute atomic E-state index is 15.9. The number of nitrogens with zero attached hydrogens (tertiary/aromatic N) is 4. The van der Waals surface area contributed by atoms with E-state index in [4.69, 9.17) is 19.2 Å². The Morgan fingerprint density at radius 1 is 1.15 bits per heavy atom. The zero-order valence-electron chi connectivity index (χ0n) is 26.3. The molecule has 1 aliphatic heterocycles. The number of methoxy groups -OCH3 is 1. The molecule has 1 atom stereocenters. The van der Waals surface area contributed by atoms with E-state index in [0.29, 0.717) is 76.1 Å². The molecule has 1 aromatic carbocycles. The standard InChI is InChI=1S/C34H33F3N6O4S/c1-4-28(44)39-19(2)25-15-26(42-41-25)33-31(30-24(37)13-21(35)14-27(30)46-11-10-45-3)34-23(7-12-48-34)32(40-33)20-5-6-29(38-16-20)47-9-8-43-17-22(36)18-43/h4-7,12-16,19,22H,1,8-11,17-18H2,2-3H3,(H,39,44)(H,41,42). The Labute approximate surface area is 278 Å². The molecule has 2 N–H and O–H groups in total. The monoisotopic (exact) mass is 678 g/mol. The number of halogens is 3. The largest absolute Gasteiger partial charge is 0.490 e. The molecule has 6 rings (SSSR count). The average Bonchev–Trinajstić information content (AvgIpc) is 3.75. The zero-order chi connectivity index (χ0) is 33.8. The summed E-state index contributed by atoms with van der Waals surface area (Å²) in [6, 6.07) is 8.63. The van der Waals surface area contributed by atoms with E-state index in [9.17, 15) is 13.6 Å². The Kier molecular flexibility index (Phi) is 10.0. The van der Waals surface area contributed by atoms with Crippen molar-refractivity contribution in [1.82, 2.24) is 30.4 Å². The van der Waals surface area contributed by atoms with Crippen LogP contribution in [0.15, 0.2) is 60.6 Å². The topological polar surface area (TPSA) is 114 Å². The van der Waals surface area contributed by atoms with Crippen molar-refractivity contribution < 1.29 is 32.2 Å². The number of pyridine rings is 2. The summed E-state index contributed by atoms with van der Waals surface area (Å²) in [5.41, 5.74) is 2.84. The molecule has 1 fully saturated rings. The molecular formula is C34H33F3N6O4S. The second-order valence-electron chi connectivity index (χ2n) is 11.2.